The third kappa shape index (κ3) is 5.50. The van der Waals surface area contributed by atoms with E-state index in [-0.39, 0.29) is 18.1 Å². The Kier molecular flexibility index (Phi) is 6.60. The Balaban J connectivity index is 1.39. The lowest BCUT2D eigenvalue weighted by Crippen LogP contribution is -2.17. The minimum Gasteiger partial charge on any atom is -0.456 e. The van der Waals surface area contributed by atoms with Crippen molar-refractivity contribution in [3.63, 3.8) is 0 Å². The van der Waals surface area contributed by atoms with Crippen molar-refractivity contribution < 1.29 is 14.3 Å². The lowest BCUT2D eigenvalue weighted by molar-refractivity contribution is 0.0467. The van der Waals surface area contributed by atoms with Gasteiger partial charge in [-0.2, -0.15) is 9.61 Å². The average molecular weight is 463 g/mol. The first-order chi connectivity index (χ1) is 15.9. The average Bonchev–Trinajstić information content (AvgIpc) is 3.21. The van der Waals surface area contributed by atoms with E-state index in [9.17, 15) is 14.4 Å². The molecule has 0 aliphatic rings. The number of ether oxygens (including phenoxy) is 1. The van der Waals surface area contributed by atoms with E-state index in [0.717, 1.165) is 11.4 Å². The molecule has 0 saturated carbocycles. The summed E-state index contributed by atoms with van der Waals surface area (Å²) in [5.74, 6) is -0.374. The first-order valence-corrected chi connectivity index (χ1v) is 11.2. The summed E-state index contributed by atoms with van der Waals surface area (Å²) in [6, 6.07) is 16.5. The van der Waals surface area contributed by atoms with Gasteiger partial charge in [-0.1, -0.05) is 43.4 Å². The van der Waals surface area contributed by atoms with Crippen LogP contribution in [0.4, 0.5) is 5.69 Å². The number of anilines is 1. The number of hydrogen-bond acceptors (Lipinski definition) is 7. The van der Waals surface area contributed by atoms with E-state index in [1.807, 2.05) is 6.07 Å². The van der Waals surface area contributed by atoms with Crippen molar-refractivity contribution in [1.29, 1.82) is 0 Å². The molecule has 9 heteroatoms. The van der Waals surface area contributed by atoms with Crippen LogP contribution in [0.5, 0.6) is 0 Å². The van der Waals surface area contributed by atoms with Crippen LogP contribution in [-0.4, -0.2) is 26.5 Å². The molecule has 0 spiro atoms. The summed E-state index contributed by atoms with van der Waals surface area (Å²) in [5, 5.41) is 7.92. The van der Waals surface area contributed by atoms with Crippen LogP contribution in [0.1, 0.15) is 45.3 Å². The number of aromatic nitrogens is 3. The van der Waals surface area contributed by atoms with Gasteiger partial charge in [-0.3, -0.25) is 9.59 Å². The van der Waals surface area contributed by atoms with Crippen molar-refractivity contribution in [1.82, 2.24) is 14.6 Å². The number of carbonyl (C=O) groups is 2. The number of rotatable bonds is 7. The highest BCUT2D eigenvalue weighted by molar-refractivity contribution is 7.16. The molecule has 0 fully saturated rings. The number of hydrogen-bond donors (Lipinski definition) is 1. The lowest BCUT2D eigenvalue weighted by Gasteiger charge is -2.07. The second-order valence-corrected chi connectivity index (χ2v) is 8.89. The number of esters is 1. The van der Waals surface area contributed by atoms with Gasteiger partial charge in [0.05, 0.1) is 11.3 Å². The van der Waals surface area contributed by atoms with E-state index in [2.05, 4.69) is 29.2 Å². The molecule has 0 radical (unpaired) electrons. The number of amides is 1. The fraction of sp³-hybridized carbons (Fsp3) is 0.208. The van der Waals surface area contributed by atoms with E-state index >= 15 is 0 Å². The minimum absolute atomic E-state index is 0.130. The predicted octanol–water partition coefficient (Wildman–Crippen LogP) is 3.96. The molecule has 2 aromatic heterocycles. The second-order valence-electron chi connectivity index (χ2n) is 7.85. The predicted molar refractivity (Wildman–Crippen MR) is 126 cm³/mol. The van der Waals surface area contributed by atoms with Crippen molar-refractivity contribution in [2.24, 2.45) is 5.92 Å². The highest BCUT2D eigenvalue weighted by Crippen LogP contribution is 2.16. The number of benzene rings is 2. The molecule has 33 heavy (non-hydrogen) atoms. The first-order valence-electron chi connectivity index (χ1n) is 10.4. The first kappa shape index (κ1) is 22.3. The topological polar surface area (TPSA) is 103 Å². The molecule has 0 unspecified atom stereocenters. The summed E-state index contributed by atoms with van der Waals surface area (Å²) in [6.45, 7) is 4.03. The van der Waals surface area contributed by atoms with Gasteiger partial charge < -0.3 is 10.1 Å². The molecular weight excluding hydrogens is 440 g/mol. The second kappa shape index (κ2) is 9.74. The van der Waals surface area contributed by atoms with E-state index in [1.54, 1.807) is 48.5 Å². The monoisotopic (exact) mass is 462 g/mol. The number of nitrogens with zero attached hydrogens (tertiary/aromatic N) is 3. The Bertz CT molecular complexity index is 1340. The van der Waals surface area contributed by atoms with Crippen molar-refractivity contribution in [2.75, 3.05) is 5.32 Å². The zero-order chi connectivity index (χ0) is 23.4. The highest BCUT2D eigenvalue weighted by atomic mass is 32.1. The molecule has 0 aliphatic heterocycles. The Hall–Kier alpha value is -3.85. The minimum atomic E-state index is -0.553. The molecule has 0 saturated heterocycles. The summed E-state index contributed by atoms with van der Waals surface area (Å²) in [4.78, 5) is 41.9. The molecule has 1 N–H and O–H groups in total. The van der Waals surface area contributed by atoms with Crippen LogP contribution < -0.4 is 10.9 Å². The maximum absolute atomic E-state index is 12.4. The molecule has 0 atom stereocenters. The van der Waals surface area contributed by atoms with E-state index in [4.69, 9.17) is 4.74 Å². The summed E-state index contributed by atoms with van der Waals surface area (Å²) >= 11 is 1.36. The Labute approximate surface area is 193 Å². The van der Waals surface area contributed by atoms with Crippen LogP contribution in [0, 0.1) is 5.92 Å². The van der Waals surface area contributed by atoms with Crippen LogP contribution in [0.2, 0.25) is 0 Å². The summed E-state index contributed by atoms with van der Waals surface area (Å²) in [6.07, 6.45) is 0.763. The van der Waals surface area contributed by atoms with Crippen LogP contribution in [-0.2, 0) is 17.8 Å². The molecule has 1 amide bonds. The van der Waals surface area contributed by atoms with Crippen molar-refractivity contribution in [2.45, 2.75) is 26.9 Å². The van der Waals surface area contributed by atoms with Crippen LogP contribution in [0.3, 0.4) is 0 Å². The van der Waals surface area contributed by atoms with E-state index in [1.165, 1.54) is 21.9 Å². The standard InChI is InChI=1S/C24H22N4O4S/c1-15(2)12-20-27-28-21(29)13-19(26-24(28)33-20)14-32-23(31)17-8-10-18(11-9-17)25-22(30)16-6-4-3-5-7-16/h3-11,13,15H,12,14H2,1-2H3,(H,25,30). The van der Waals surface area contributed by atoms with Crippen LogP contribution >= 0.6 is 11.3 Å². The normalized spacial score (nSPS) is 11.0. The van der Waals surface area contributed by atoms with Gasteiger partial charge in [-0.25, -0.2) is 9.78 Å². The van der Waals surface area contributed by atoms with Crippen molar-refractivity contribution in [3.05, 3.63) is 92.8 Å². The SMILES string of the molecule is CC(C)Cc1nn2c(=O)cc(COC(=O)c3ccc(NC(=O)c4ccccc4)cc3)nc2s1. The smallest absolute Gasteiger partial charge is 0.338 e. The molecule has 0 bridgehead atoms. The Morgan fingerprint density at radius 3 is 2.48 bits per heavy atom. The van der Waals surface area contributed by atoms with Gasteiger partial charge in [0.1, 0.15) is 11.6 Å². The molecule has 168 valence electrons. The molecule has 2 heterocycles. The zero-order valence-corrected chi connectivity index (χ0v) is 19.0. The van der Waals surface area contributed by atoms with Gasteiger partial charge in [0.15, 0.2) is 0 Å². The maximum Gasteiger partial charge on any atom is 0.338 e. The maximum atomic E-state index is 12.4. The number of nitrogens with one attached hydrogen (secondary N) is 1. The fourth-order valence-electron chi connectivity index (χ4n) is 3.11. The van der Waals surface area contributed by atoms with Gasteiger partial charge in [0.25, 0.3) is 11.5 Å². The van der Waals surface area contributed by atoms with Crippen LogP contribution in [0.25, 0.3) is 4.96 Å². The van der Waals surface area contributed by atoms with E-state index in [0.29, 0.717) is 33.4 Å². The molecule has 8 nitrogen and oxygen atoms in total. The molecule has 0 aliphatic carbocycles. The Morgan fingerprint density at radius 1 is 1.06 bits per heavy atom. The molecular formula is C24H22N4O4S. The summed E-state index contributed by atoms with van der Waals surface area (Å²) < 4.78 is 6.60. The third-order valence-corrected chi connectivity index (χ3v) is 5.62. The number of carbonyl (C=O) groups excluding carboxylic acids is 2. The third-order valence-electron chi connectivity index (χ3n) is 4.69. The lowest BCUT2D eigenvalue weighted by atomic mass is 10.1. The number of fused-ring (bicyclic) bond motifs is 1. The molecule has 4 aromatic rings. The highest BCUT2D eigenvalue weighted by Gasteiger charge is 2.13. The largest absolute Gasteiger partial charge is 0.456 e. The van der Waals surface area contributed by atoms with Crippen molar-refractivity contribution in [3.8, 4) is 0 Å². The van der Waals surface area contributed by atoms with Gasteiger partial charge in [-0.15, -0.1) is 0 Å². The van der Waals surface area contributed by atoms with E-state index < -0.39 is 5.97 Å². The van der Waals surface area contributed by atoms with Gasteiger partial charge >= 0.3 is 5.97 Å². The van der Waals surface area contributed by atoms with Gasteiger partial charge in [0.2, 0.25) is 4.96 Å². The van der Waals surface area contributed by atoms with Crippen LogP contribution in [0.15, 0.2) is 65.5 Å². The quantitative estimate of drug-likeness (QED) is 0.417. The zero-order valence-electron chi connectivity index (χ0n) is 18.1. The van der Waals surface area contributed by atoms with Gasteiger partial charge in [-0.05, 0) is 42.3 Å². The van der Waals surface area contributed by atoms with Crippen molar-refractivity contribution >= 4 is 33.9 Å². The van der Waals surface area contributed by atoms with Gasteiger partial charge in [0, 0.05) is 23.7 Å². The summed E-state index contributed by atoms with van der Waals surface area (Å²) in [7, 11) is 0. The summed E-state index contributed by atoms with van der Waals surface area (Å²) in [5.41, 5.74) is 1.47. The fourth-order valence-corrected chi connectivity index (χ4v) is 4.24. The Morgan fingerprint density at radius 2 is 1.79 bits per heavy atom. The molecule has 2 aromatic carbocycles. The molecule has 4 rings (SSSR count).